The predicted octanol–water partition coefficient (Wildman–Crippen LogP) is 3.38. The number of carbonyl (C=O) groups is 2. The number of piperazine rings is 1. The minimum absolute atomic E-state index is 0.101. The molecule has 0 radical (unpaired) electrons. The van der Waals surface area contributed by atoms with E-state index in [2.05, 4.69) is 15.0 Å². The average Bonchev–Trinajstić information content (AvgIpc) is 3.26. The van der Waals surface area contributed by atoms with Gasteiger partial charge in [-0.3, -0.25) is 14.5 Å². The summed E-state index contributed by atoms with van der Waals surface area (Å²) < 4.78 is 41.7. The molecule has 2 amide bonds. The number of hydrogen-bond acceptors (Lipinski definition) is 6. The summed E-state index contributed by atoms with van der Waals surface area (Å²) in [6, 6.07) is 9.20. The van der Waals surface area contributed by atoms with Gasteiger partial charge in [-0.2, -0.15) is 0 Å². The quantitative estimate of drug-likeness (QED) is 0.582. The summed E-state index contributed by atoms with van der Waals surface area (Å²) in [5.41, 5.74) is -1.13. The fraction of sp³-hybridized carbons (Fsp3) is 0.478. The van der Waals surface area contributed by atoms with E-state index < -0.39 is 12.0 Å². The third kappa shape index (κ3) is 6.94. The number of halogens is 3. The van der Waals surface area contributed by atoms with Crippen molar-refractivity contribution in [3.8, 4) is 5.75 Å². The summed E-state index contributed by atoms with van der Waals surface area (Å²) in [5.74, 6) is -0.984. The molecule has 0 aliphatic carbocycles. The molecular formula is C23H28F3N3O4S. The van der Waals surface area contributed by atoms with Gasteiger partial charge in [-0.25, -0.2) is 0 Å². The molecule has 0 spiro atoms. The molecule has 2 aromatic rings. The van der Waals surface area contributed by atoms with Crippen molar-refractivity contribution in [2.24, 2.45) is 0 Å². The molecule has 2 N–H and O–H groups in total. The van der Waals surface area contributed by atoms with Crippen molar-refractivity contribution in [1.82, 2.24) is 15.1 Å². The number of aliphatic hydroxyl groups is 1. The Labute approximate surface area is 200 Å². The lowest BCUT2D eigenvalue weighted by Gasteiger charge is -2.37. The number of carbonyl (C=O) groups excluding carboxylic acids is 2. The normalized spacial score (nSPS) is 16.7. The first-order valence-electron chi connectivity index (χ1n) is 10.9. The molecule has 1 fully saturated rings. The smallest absolute Gasteiger partial charge is 0.405 e. The molecular weight excluding hydrogens is 471 g/mol. The number of hydrogen-bond donors (Lipinski definition) is 2. The Morgan fingerprint density at radius 3 is 2.44 bits per heavy atom. The molecule has 7 nitrogen and oxygen atoms in total. The Balaban J connectivity index is 1.51. The number of para-hydroxylation sites is 1. The highest BCUT2D eigenvalue weighted by atomic mass is 32.1. The molecule has 1 aliphatic rings. The number of amides is 2. The molecule has 0 bridgehead atoms. The van der Waals surface area contributed by atoms with E-state index in [0.717, 1.165) is 4.88 Å². The van der Waals surface area contributed by atoms with Gasteiger partial charge >= 0.3 is 6.36 Å². The molecule has 1 aromatic heterocycles. The number of thiophene rings is 1. The van der Waals surface area contributed by atoms with Crippen LogP contribution in [-0.4, -0.2) is 64.9 Å². The van der Waals surface area contributed by atoms with Crippen LogP contribution in [0.15, 0.2) is 36.4 Å². The molecule has 1 aromatic carbocycles. The number of benzene rings is 1. The largest absolute Gasteiger partial charge is 0.573 e. The summed E-state index contributed by atoms with van der Waals surface area (Å²) in [6.07, 6.45) is -4.46. The van der Waals surface area contributed by atoms with E-state index >= 15 is 0 Å². The van der Waals surface area contributed by atoms with Crippen molar-refractivity contribution in [3.63, 3.8) is 0 Å². The second kappa shape index (κ2) is 10.7. The molecule has 0 saturated carbocycles. The topological polar surface area (TPSA) is 82.1 Å². The number of nitrogens with one attached hydrogen (secondary N) is 1. The van der Waals surface area contributed by atoms with Gasteiger partial charge in [0.15, 0.2) is 0 Å². The standard InChI is InChI=1S/C23H28F3N3O4S/c1-3-22(2,32)21(31)29-12-10-28(11-13-29)15-17-8-9-19(34-17)20(30)27-14-16-6-4-5-7-18(16)33-23(24,25)26/h4-9,32H,3,10-15H2,1-2H3,(H,27,30). The van der Waals surface area contributed by atoms with E-state index in [0.29, 0.717) is 44.0 Å². The van der Waals surface area contributed by atoms with Gasteiger partial charge in [0.1, 0.15) is 11.4 Å². The number of rotatable bonds is 8. The summed E-state index contributed by atoms with van der Waals surface area (Å²) in [7, 11) is 0. The molecule has 1 saturated heterocycles. The van der Waals surface area contributed by atoms with Gasteiger partial charge in [0.05, 0.1) is 4.88 Å². The number of ether oxygens (including phenoxy) is 1. The highest BCUT2D eigenvalue weighted by molar-refractivity contribution is 7.14. The molecule has 11 heteroatoms. The Bertz CT molecular complexity index is 1000. The average molecular weight is 500 g/mol. The second-order valence-corrected chi connectivity index (χ2v) is 9.47. The third-order valence-electron chi connectivity index (χ3n) is 5.71. The van der Waals surface area contributed by atoms with Gasteiger partial charge < -0.3 is 20.1 Å². The van der Waals surface area contributed by atoms with E-state index in [9.17, 15) is 27.9 Å². The first kappa shape index (κ1) is 26.0. The fourth-order valence-electron chi connectivity index (χ4n) is 3.54. The van der Waals surface area contributed by atoms with Gasteiger partial charge in [-0.1, -0.05) is 25.1 Å². The highest BCUT2D eigenvalue weighted by Gasteiger charge is 2.34. The maximum Gasteiger partial charge on any atom is 0.573 e. The van der Waals surface area contributed by atoms with Crippen molar-refractivity contribution < 1.29 is 32.6 Å². The van der Waals surface area contributed by atoms with Gasteiger partial charge in [0, 0.05) is 49.7 Å². The van der Waals surface area contributed by atoms with Crippen LogP contribution in [0.2, 0.25) is 0 Å². The molecule has 186 valence electrons. The lowest BCUT2D eigenvalue weighted by molar-refractivity contribution is -0.274. The molecule has 34 heavy (non-hydrogen) atoms. The number of alkyl halides is 3. The van der Waals surface area contributed by atoms with E-state index in [1.807, 2.05) is 6.07 Å². The molecule has 1 aliphatic heterocycles. The van der Waals surface area contributed by atoms with Crippen LogP contribution in [0.25, 0.3) is 0 Å². The van der Waals surface area contributed by atoms with Gasteiger partial charge in [0.25, 0.3) is 11.8 Å². The SMILES string of the molecule is CCC(C)(O)C(=O)N1CCN(Cc2ccc(C(=O)NCc3ccccc3OC(F)(F)F)s2)CC1. The van der Waals surface area contributed by atoms with Crippen LogP contribution in [0.4, 0.5) is 13.2 Å². The summed E-state index contributed by atoms with van der Waals surface area (Å²) in [5, 5.41) is 12.8. The van der Waals surface area contributed by atoms with Crippen LogP contribution >= 0.6 is 11.3 Å². The van der Waals surface area contributed by atoms with Crippen LogP contribution in [0.5, 0.6) is 5.75 Å². The van der Waals surface area contributed by atoms with Crippen molar-refractivity contribution in [2.45, 2.75) is 45.3 Å². The van der Waals surface area contributed by atoms with Gasteiger partial charge in [-0.05, 0) is 31.5 Å². The maximum absolute atomic E-state index is 12.6. The lowest BCUT2D eigenvalue weighted by Crippen LogP contribution is -2.54. The van der Waals surface area contributed by atoms with E-state index in [1.165, 1.54) is 36.5 Å². The first-order valence-corrected chi connectivity index (χ1v) is 11.7. The zero-order valence-corrected chi connectivity index (χ0v) is 19.8. The van der Waals surface area contributed by atoms with Crippen LogP contribution in [0.3, 0.4) is 0 Å². The zero-order chi connectivity index (χ0) is 24.9. The van der Waals surface area contributed by atoms with Crippen molar-refractivity contribution in [3.05, 3.63) is 51.7 Å². The van der Waals surface area contributed by atoms with Crippen molar-refractivity contribution >= 4 is 23.2 Å². The van der Waals surface area contributed by atoms with E-state index in [1.54, 1.807) is 24.0 Å². The van der Waals surface area contributed by atoms with E-state index in [4.69, 9.17) is 0 Å². The molecule has 1 unspecified atom stereocenters. The Kier molecular flexibility index (Phi) is 8.21. The molecule has 3 rings (SSSR count). The summed E-state index contributed by atoms with van der Waals surface area (Å²) in [4.78, 5) is 30.2. The fourth-order valence-corrected chi connectivity index (χ4v) is 4.51. The Hall–Kier alpha value is -2.63. The summed E-state index contributed by atoms with van der Waals surface area (Å²) in [6.45, 7) is 6.17. The monoisotopic (exact) mass is 499 g/mol. The zero-order valence-electron chi connectivity index (χ0n) is 19.0. The van der Waals surface area contributed by atoms with E-state index in [-0.39, 0.29) is 29.7 Å². The molecule has 1 atom stereocenters. The Morgan fingerprint density at radius 2 is 1.79 bits per heavy atom. The second-order valence-electron chi connectivity index (χ2n) is 8.30. The van der Waals surface area contributed by atoms with Crippen molar-refractivity contribution in [2.75, 3.05) is 26.2 Å². The maximum atomic E-state index is 12.6. The predicted molar refractivity (Wildman–Crippen MR) is 121 cm³/mol. The van der Waals surface area contributed by atoms with Gasteiger partial charge in [0.2, 0.25) is 0 Å². The molecule has 2 heterocycles. The minimum atomic E-state index is -4.81. The highest BCUT2D eigenvalue weighted by Crippen LogP contribution is 2.26. The van der Waals surface area contributed by atoms with Crippen LogP contribution in [-0.2, 0) is 17.9 Å². The number of nitrogens with zero attached hydrogens (tertiary/aromatic N) is 2. The van der Waals surface area contributed by atoms with Crippen LogP contribution < -0.4 is 10.1 Å². The summed E-state index contributed by atoms with van der Waals surface area (Å²) >= 11 is 1.31. The minimum Gasteiger partial charge on any atom is -0.405 e. The Morgan fingerprint density at radius 1 is 1.12 bits per heavy atom. The first-order chi connectivity index (χ1) is 16.0. The van der Waals surface area contributed by atoms with Crippen molar-refractivity contribution in [1.29, 1.82) is 0 Å². The lowest BCUT2D eigenvalue weighted by atomic mass is 10.0. The van der Waals surface area contributed by atoms with Gasteiger partial charge in [-0.15, -0.1) is 24.5 Å². The third-order valence-corrected chi connectivity index (χ3v) is 6.78. The van der Waals surface area contributed by atoms with Crippen LogP contribution in [0.1, 0.15) is 40.4 Å². The van der Waals surface area contributed by atoms with Crippen LogP contribution in [0, 0.1) is 0 Å².